The Bertz CT molecular complexity index is 612. The lowest BCUT2D eigenvalue weighted by Crippen LogP contribution is -1.99. The van der Waals surface area contributed by atoms with Gasteiger partial charge in [-0.15, -0.1) is 11.3 Å². The van der Waals surface area contributed by atoms with Crippen molar-refractivity contribution in [2.45, 2.75) is 13.3 Å². The Morgan fingerprint density at radius 1 is 1.56 bits per heavy atom. The number of thiazole rings is 1. The molecule has 1 heterocycles. The molecule has 0 fully saturated rings. The van der Waals surface area contributed by atoms with E-state index in [1.807, 2.05) is 13.0 Å². The number of nitrogens with zero attached hydrogens (tertiary/aromatic N) is 1. The van der Waals surface area contributed by atoms with Crippen LogP contribution in [0.5, 0.6) is 0 Å². The molecule has 1 N–H and O–H groups in total. The Labute approximate surface area is 122 Å². The van der Waals surface area contributed by atoms with Gasteiger partial charge in [-0.3, -0.25) is 0 Å². The van der Waals surface area contributed by atoms with Gasteiger partial charge in [0, 0.05) is 4.47 Å². The van der Waals surface area contributed by atoms with Gasteiger partial charge in [-0.05, 0) is 40.0 Å². The van der Waals surface area contributed by atoms with E-state index in [2.05, 4.69) is 20.9 Å². The minimum Gasteiger partial charge on any atom is -0.476 e. The van der Waals surface area contributed by atoms with Crippen LogP contribution in [0.4, 0.5) is 0 Å². The van der Waals surface area contributed by atoms with Gasteiger partial charge in [-0.2, -0.15) is 0 Å². The monoisotopic (exact) mass is 345 g/mol. The maximum absolute atomic E-state index is 11.2. The molecule has 1 aromatic carbocycles. The molecule has 2 aromatic rings. The molecule has 18 heavy (non-hydrogen) atoms. The molecule has 0 aliphatic carbocycles. The van der Waals surface area contributed by atoms with Crippen LogP contribution in [0.15, 0.2) is 22.7 Å². The van der Waals surface area contributed by atoms with Crippen LogP contribution in [0.3, 0.4) is 0 Å². The molecule has 0 bridgehead atoms. The van der Waals surface area contributed by atoms with E-state index in [9.17, 15) is 4.79 Å². The Kier molecular flexibility index (Phi) is 4.04. The second-order valence-corrected chi connectivity index (χ2v) is 5.92. The van der Waals surface area contributed by atoms with Crippen molar-refractivity contribution >= 4 is 44.8 Å². The lowest BCUT2D eigenvalue weighted by atomic mass is 10.1. The summed E-state index contributed by atoms with van der Waals surface area (Å²) in [6.45, 7) is 1.95. The van der Waals surface area contributed by atoms with Crippen molar-refractivity contribution in [3.05, 3.63) is 38.4 Å². The van der Waals surface area contributed by atoms with Gasteiger partial charge in [0.05, 0.1) is 14.9 Å². The fraction of sp³-hybridized carbons (Fsp3) is 0.167. The zero-order valence-electron chi connectivity index (χ0n) is 9.41. The first-order valence-corrected chi connectivity index (χ1v) is 7.20. The van der Waals surface area contributed by atoms with Gasteiger partial charge in [0.1, 0.15) is 0 Å². The van der Waals surface area contributed by atoms with Crippen molar-refractivity contribution < 1.29 is 9.90 Å². The molecule has 0 unspecified atom stereocenters. The van der Waals surface area contributed by atoms with Gasteiger partial charge in [0.25, 0.3) is 0 Å². The molecule has 0 spiro atoms. The van der Waals surface area contributed by atoms with E-state index < -0.39 is 5.97 Å². The van der Waals surface area contributed by atoms with Crippen LogP contribution in [0, 0.1) is 0 Å². The predicted octanol–water partition coefficient (Wildman–Crippen LogP) is 4.49. The Morgan fingerprint density at radius 3 is 2.83 bits per heavy atom. The Hall–Kier alpha value is -0.910. The van der Waals surface area contributed by atoms with Gasteiger partial charge < -0.3 is 5.11 Å². The first-order chi connectivity index (χ1) is 8.52. The van der Waals surface area contributed by atoms with Crippen LogP contribution in [0.2, 0.25) is 5.02 Å². The van der Waals surface area contributed by atoms with Crippen molar-refractivity contribution in [3.63, 3.8) is 0 Å². The van der Waals surface area contributed by atoms with Crippen LogP contribution in [0.1, 0.15) is 22.4 Å². The molecule has 0 aliphatic rings. The van der Waals surface area contributed by atoms with Crippen LogP contribution in [0.25, 0.3) is 10.4 Å². The molecule has 0 atom stereocenters. The SMILES string of the molecule is CCc1nc(C(=O)O)c(-c2ccc(Br)c(Cl)c2)s1. The van der Waals surface area contributed by atoms with E-state index in [0.717, 1.165) is 21.5 Å². The minimum absolute atomic E-state index is 0.0928. The molecule has 94 valence electrons. The third-order valence-corrected chi connectivity index (χ3v) is 4.84. The van der Waals surface area contributed by atoms with Crippen molar-refractivity contribution in [1.29, 1.82) is 0 Å². The van der Waals surface area contributed by atoms with Crippen LogP contribution < -0.4 is 0 Å². The number of carboxylic acids is 1. The van der Waals surface area contributed by atoms with Crippen LogP contribution in [-0.4, -0.2) is 16.1 Å². The van der Waals surface area contributed by atoms with Crippen molar-refractivity contribution in [1.82, 2.24) is 4.98 Å². The van der Waals surface area contributed by atoms with E-state index >= 15 is 0 Å². The molecule has 1 aromatic heterocycles. The Balaban J connectivity index is 2.58. The van der Waals surface area contributed by atoms with Gasteiger partial charge >= 0.3 is 5.97 Å². The second kappa shape index (κ2) is 5.38. The number of carboxylic acid groups (broad SMARTS) is 1. The molecule has 0 radical (unpaired) electrons. The summed E-state index contributed by atoms with van der Waals surface area (Å²) in [5, 5.41) is 10.5. The summed E-state index contributed by atoms with van der Waals surface area (Å²) >= 11 is 10.7. The van der Waals surface area contributed by atoms with E-state index in [1.165, 1.54) is 11.3 Å². The number of hydrogen-bond acceptors (Lipinski definition) is 3. The zero-order valence-corrected chi connectivity index (χ0v) is 12.6. The molecule has 0 amide bonds. The van der Waals surface area contributed by atoms with E-state index in [4.69, 9.17) is 16.7 Å². The van der Waals surface area contributed by atoms with Crippen molar-refractivity contribution in [2.75, 3.05) is 0 Å². The first-order valence-electron chi connectivity index (χ1n) is 5.21. The number of carbonyl (C=O) groups is 1. The average molecular weight is 347 g/mol. The highest BCUT2D eigenvalue weighted by atomic mass is 79.9. The number of rotatable bonds is 3. The third kappa shape index (κ3) is 2.58. The quantitative estimate of drug-likeness (QED) is 0.891. The third-order valence-electron chi connectivity index (χ3n) is 2.36. The fourth-order valence-electron chi connectivity index (χ4n) is 1.49. The Morgan fingerprint density at radius 2 is 2.28 bits per heavy atom. The van der Waals surface area contributed by atoms with E-state index in [-0.39, 0.29) is 5.69 Å². The molecule has 3 nitrogen and oxygen atoms in total. The summed E-state index contributed by atoms with van der Waals surface area (Å²) in [5.41, 5.74) is 0.869. The van der Waals surface area contributed by atoms with Crippen molar-refractivity contribution in [3.8, 4) is 10.4 Å². The summed E-state index contributed by atoms with van der Waals surface area (Å²) in [7, 11) is 0. The van der Waals surface area contributed by atoms with Crippen molar-refractivity contribution in [2.24, 2.45) is 0 Å². The maximum atomic E-state index is 11.2. The highest BCUT2D eigenvalue weighted by Gasteiger charge is 2.18. The number of halogens is 2. The van der Waals surface area contributed by atoms with Crippen LogP contribution >= 0.6 is 38.9 Å². The van der Waals surface area contributed by atoms with Gasteiger partial charge in [-0.25, -0.2) is 9.78 Å². The standard InChI is InChI=1S/C12H9BrClNO2S/c1-2-9-15-10(12(16)17)11(18-9)6-3-4-7(13)8(14)5-6/h3-5H,2H2,1H3,(H,16,17). The summed E-state index contributed by atoms with van der Waals surface area (Å²) in [6.07, 6.45) is 0.717. The zero-order chi connectivity index (χ0) is 13.3. The number of benzene rings is 1. The molecular formula is C12H9BrClNO2S. The highest BCUT2D eigenvalue weighted by Crippen LogP contribution is 2.34. The topological polar surface area (TPSA) is 50.2 Å². The summed E-state index contributed by atoms with van der Waals surface area (Å²) < 4.78 is 0.782. The van der Waals surface area contributed by atoms with Gasteiger partial charge in [0.2, 0.25) is 0 Å². The van der Waals surface area contributed by atoms with E-state index in [0.29, 0.717) is 9.90 Å². The fourth-order valence-corrected chi connectivity index (χ4v) is 2.91. The predicted molar refractivity (Wildman–Crippen MR) is 76.6 cm³/mol. The summed E-state index contributed by atoms with van der Waals surface area (Å²) in [6, 6.07) is 5.37. The first kappa shape index (κ1) is 13.5. The molecule has 0 aliphatic heterocycles. The van der Waals surface area contributed by atoms with Crippen LogP contribution in [-0.2, 0) is 6.42 Å². The number of hydrogen-bond donors (Lipinski definition) is 1. The second-order valence-electron chi connectivity index (χ2n) is 3.57. The van der Waals surface area contributed by atoms with Gasteiger partial charge in [0.15, 0.2) is 5.69 Å². The largest absolute Gasteiger partial charge is 0.476 e. The summed E-state index contributed by atoms with van der Waals surface area (Å²) in [4.78, 5) is 15.9. The number of aryl methyl sites for hydroxylation is 1. The molecule has 0 saturated heterocycles. The smallest absolute Gasteiger partial charge is 0.356 e. The molecular weight excluding hydrogens is 338 g/mol. The normalized spacial score (nSPS) is 10.6. The van der Waals surface area contributed by atoms with Gasteiger partial charge in [-0.1, -0.05) is 24.6 Å². The van der Waals surface area contributed by atoms with E-state index in [1.54, 1.807) is 12.1 Å². The number of aromatic carboxylic acids is 1. The summed E-state index contributed by atoms with van der Waals surface area (Å²) in [5.74, 6) is -1.01. The minimum atomic E-state index is -1.01. The lowest BCUT2D eigenvalue weighted by molar-refractivity contribution is 0.0692. The maximum Gasteiger partial charge on any atom is 0.356 e. The molecule has 6 heteroatoms. The average Bonchev–Trinajstić information content (AvgIpc) is 2.77. The lowest BCUT2D eigenvalue weighted by Gasteiger charge is -2.01. The highest BCUT2D eigenvalue weighted by molar-refractivity contribution is 9.10. The molecule has 2 rings (SSSR count). The molecule has 0 saturated carbocycles. The number of aromatic nitrogens is 1.